The number of pyridine rings is 1. The van der Waals surface area contributed by atoms with Crippen molar-refractivity contribution in [3.05, 3.63) is 69.1 Å². The van der Waals surface area contributed by atoms with Gasteiger partial charge in [0.05, 0.1) is 29.0 Å². The third-order valence-corrected chi connectivity index (χ3v) is 5.33. The minimum absolute atomic E-state index is 0.00835. The van der Waals surface area contributed by atoms with E-state index in [1.54, 1.807) is 19.1 Å². The molecule has 2 N–H and O–H groups in total. The number of benzene rings is 1. The lowest BCUT2D eigenvalue weighted by molar-refractivity contribution is 0.0958. The third-order valence-electron chi connectivity index (χ3n) is 4.82. The highest BCUT2D eigenvalue weighted by molar-refractivity contribution is 6.32. The Morgan fingerprint density at radius 3 is 2.65 bits per heavy atom. The van der Waals surface area contributed by atoms with E-state index in [-0.39, 0.29) is 39.4 Å². The second kappa shape index (κ2) is 12.6. The van der Waals surface area contributed by atoms with Crippen molar-refractivity contribution in [2.24, 2.45) is 11.1 Å². The predicted molar refractivity (Wildman–Crippen MR) is 137 cm³/mol. The molecule has 0 aliphatic rings. The van der Waals surface area contributed by atoms with Crippen molar-refractivity contribution in [3.63, 3.8) is 0 Å². The molecule has 37 heavy (non-hydrogen) atoms. The summed E-state index contributed by atoms with van der Waals surface area (Å²) in [7, 11) is 0. The normalized spacial score (nSPS) is 11.4. The van der Waals surface area contributed by atoms with Crippen LogP contribution in [0.25, 0.3) is 5.82 Å². The summed E-state index contributed by atoms with van der Waals surface area (Å²) < 4.78 is 27.8. The highest BCUT2D eigenvalue weighted by Crippen LogP contribution is 2.28. The average Bonchev–Trinajstić information content (AvgIpc) is 3.28. The Hall–Kier alpha value is -3.57. The summed E-state index contributed by atoms with van der Waals surface area (Å²) in [6, 6.07) is 6.89. The summed E-state index contributed by atoms with van der Waals surface area (Å²) >= 11 is 12.3. The van der Waals surface area contributed by atoms with Gasteiger partial charge in [-0.05, 0) is 48.7 Å². The highest BCUT2D eigenvalue weighted by Gasteiger charge is 2.25. The van der Waals surface area contributed by atoms with Crippen molar-refractivity contribution in [2.45, 2.75) is 27.2 Å². The molecular weight excluding hydrogens is 529 g/mol. The van der Waals surface area contributed by atoms with Gasteiger partial charge in [0.15, 0.2) is 5.82 Å². The molecule has 0 atom stereocenters. The number of aromatic nitrogens is 3. The van der Waals surface area contributed by atoms with Gasteiger partial charge in [0.25, 0.3) is 18.2 Å². The molecule has 0 saturated carbocycles. The molecule has 0 aliphatic carbocycles. The highest BCUT2D eigenvalue weighted by atomic mass is 35.5. The van der Waals surface area contributed by atoms with Crippen molar-refractivity contribution in [3.8, 4) is 5.82 Å². The zero-order chi connectivity index (χ0) is 27.1. The van der Waals surface area contributed by atoms with Gasteiger partial charge in [0.1, 0.15) is 18.0 Å². The zero-order valence-corrected chi connectivity index (χ0v) is 21.6. The molecular formula is C24H24Cl2F2N6O3. The van der Waals surface area contributed by atoms with Crippen LogP contribution in [0.2, 0.25) is 10.0 Å². The molecule has 3 rings (SSSR count). The second-order valence-electron chi connectivity index (χ2n) is 8.26. The molecule has 9 nitrogen and oxygen atoms in total. The van der Waals surface area contributed by atoms with E-state index in [0.29, 0.717) is 18.1 Å². The first-order valence-electron chi connectivity index (χ1n) is 11.1. The van der Waals surface area contributed by atoms with Crippen LogP contribution in [0, 0.1) is 12.8 Å². The van der Waals surface area contributed by atoms with Crippen molar-refractivity contribution < 1.29 is 23.2 Å². The van der Waals surface area contributed by atoms with Crippen LogP contribution in [-0.2, 0) is 4.84 Å². The van der Waals surface area contributed by atoms with Crippen molar-refractivity contribution in [2.75, 3.05) is 18.5 Å². The number of alkyl halides is 2. The van der Waals surface area contributed by atoms with E-state index in [1.165, 1.54) is 24.5 Å². The number of amides is 2. The summed E-state index contributed by atoms with van der Waals surface area (Å²) in [5, 5.41) is 13.2. The first-order valence-corrected chi connectivity index (χ1v) is 11.9. The lowest BCUT2D eigenvalue weighted by Crippen LogP contribution is -2.27. The van der Waals surface area contributed by atoms with Gasteiger partial charge in [-0.2, -0.15) is 5.10 Å². The molecule has 0 radical (unpaired) electrons. The maximum atomic E-state index is 13.4. The number of aryl methyl sites for hydroxylation is 1. The van der Waals surface area contributed by atoms with E-state index in [0.717, 1.165) is 10.7 Å². The van der Waals surface area contributed by atoms with Crippen LogP contribution in [0.4, 0.5) is 14.5 Å². The molecule has 13 heteroatoms. The molecule has 3 aromatic rings. The molecule has 2 aromatic heterocycles. The van der Waals surface area contributed by atoms with Gasteiger partial charge in [-0.3, -0.25) is 9.59 Å². The average molecular weight is 553 g/mol. The number of anilines is 1. The number of rotatable bonds is 10. The first kappa shape index (κ1) is 28.0. The molecule has 0 fully saturated rings. The fourth-order valence-corrected chi connectivity index (χ4v) is 3.62. The third kappa shape index (κ3) is 7.23. The fourth-order valence-electron chi connectivity index (χ4n) is 3.14. The molecule has 0 unspecified atom stereocenters. The van der Waals surface area contributed by atoms with Gasteiger partial charge in [0, 0.05) is 11.2 Å². The lowest BCUT2D eigenvalue weighted by atomic mass is 10.1. The van der Waals surface area contributed by atoms with E-state index < -0.39 is 23.9 Å². The van der Waals surface area contributed by atoms with Crippen LogP contribution in [0.1, 0.15) is 52.4 Å². The van der Waals surface area contributed by atoms with Crippen molar-refractivity contribution in [1.29, 1.82) is 0 Å². The summed E-state index contributed by atoms with van der Waals surface area (Å²) in [6.45, 7) is 6.07. The predicted octanol–water partition coefficient (Wildman–Crippen LogP) is 5.46. The Kier molecular flexibility index (Phi) is 9.54. The van der Waals surface area contributed by atoms with Crippen LogP contribution in [0.15, 0.2) is 41.7 Å². The number of nitrogens with zero attached hydrogens (tertiary/aromatic N) is 4. The topological polar surface area (TPSA) is 110 Å². The Morgan fingerprint density at radius 2 is 1.97 bits per heavy atom. The number of carbonyl (C=O) groups excluding carboxylic acids is 2. The second-order valence-corrected chi connectivity index (χ2v) is 9.11. The van der Waals surface area contributed by atoms with Gasteiger partial charge in [-0.15, -0.1) is 0 Å². The standard InChI is InChI=1S/C24H24Cl2F2N6O3/c1-13(2)12-37-31-8-7-30-23(35)16-10-15(25)9-14(3)20(16)32-24(36)19-11-18(21(27)28)33-34(19)22-17(26)5-4-6-29-22/h4-6,8-11,13,21H,7,12H2,1-3H3,(H,30,35)(H,32,36)/b31-8+. The first-order chi connectivity index (χ1) is 17.6. The van der Waals surface area contributed by atoms with Gasteiger partial charge in [-0.25, -0.2) is 18.4 Å². The summed E-state index contributed by atoms with van der Waals surface area (Å²) in [4.78, 5) is 35.3. The van der Waals surface area contributed by atoms with E-state index in [4.69, 9.17) is 28.0 Å². The number of hydrogen-bond acceptors (Lipinski definition) is 6. The Balaban J connectivity index is 1.89. The molecule has 196 valence electrons. The summed E-state index contributed by atoms with van der Waals surface area (Å²) in [5.41, 5.74) is -0.233. The number of carbonyl (C=O) groups is 2. The smallest absolute Gasteiger partial charge is 0.282 e. The fraction of sp³-hybridized carbons (Fsp3) is 0.292. The minimum Gasteiger partial charge on any atom is -0.396 e. The summed E-state index contributed by atoms with van der Waals surface area (Å²) in [6.07, 6.45) is -0.174. The van der Waals surface area contributed by atoms with Crippen molar-refractivity contribution >= 4 is 46.9 Å². The van der Waals surface area contributed by atoms with Gasteiger partial charge < -0.3 is 15.5 Å². The van der Waals surface area contributed by atoms with E-state index in [1.807, 2.05) is 13.8 Å². The maximum Gasteiger partial charge on any atom is 0.282 e. The van der Waals surface area contributed by atoms with Gasteiger partial charge in [-0.1, -0.05) is 42.2 Å². The molecule has 1 aromatic carbocycles. The molecule has 2 amide bonds. The van der Waals surface area contributed by atoms with Crippen molar-refractivity contribution in [1.82, 2.24) is 20.1 Å². The number of hydrogen-bond donors (Lipinski definition) is 2. The lowest BCUT2D eigenvalue weighted by Gasteiger charge is -2.15. The van der Waals surface area contributed by atoms with Crippen LogP contribution < -0.4 is 10.6 Å². The van der Waals surface area contributed by atoms with E-state index in [9.17, 15) is 18.4 Å². The minimum atomic E-state index is -2.94. The number of nitrogens with one attached hydrogen (secondary N) is 2. The molecule has 0 bridgehead atoms. The molecule has 2 heterocycles. The molecule has 0 saturated heterocycles. The van der Waals surface area contributed by atoms with Crippen LogP contribution >= 0.6 is 23.2 Å². The number of oxime groups is 1. The monoisotopic (exact) mass is 552 g/mol. The Bertz CT molecular complexity index is 1310. The van der Waals surface area contributed by atoms with E-state index >= 15 is 0 Å². The zero-order valence-electron chi connectivity index (χ0n) is 20.1. The maximum absolute atomic E-state index is 13.4. The quantitative estimate of drug-likeness (QED) is 0.256. The largest absolute Gasteiger partial charge is 0.396 e. The summed E-state index contributed by atoms with van der Waals surface area (Å²) in [5.74, 6) is -1.07. The van der Waals surface area contributed by atoms with Gasteiger partial charge in [0.2, 0.25) is 0 Å². The van der Waals surface area contributed by atoms with Crippen LogP contribution in [0.5, 0.6) is 0 Å². The van der Waals surface area contributed by atoms with Crippen LogP contribution in [-0.4, -0.2) is 45.9 Å². The van der Waals surface area contributed by atoms with E-state index in [2.05, 4.69) is 25.9 Å². The molecule has 0 spiro atoms. The van der Waals surface area contributed by atoms with Gasteiger partial charge >= 0.3 is 0 Å². The SMILES string of the molecule is Cc1cc(Cl)cc(C(=O)NC/C=N/OCC(C)C)c1NC(=O)c1cc(C(F)F)nn1-c1ncccc1Cl. The van der Waals surface area contributed by atoms with Crippen LogP contribution in [0.3, 0.4) is 0 Å². The number of halogens is 4. The Morgan fingerprint density at radius 1 is 1.22 bits per heavy atom. The molecule has 0 aliphatic heterocycles. The Labute approximate surface area is 221 Å².